The quantitative estimate of drug-likeness (QED) is 0.625. The van der Waals surface area contributed by atoms with Crippen LogP contribution in [0.1, 0.15) is 33.1 Å². The SMILES string of the molecule is CCCC1(C)CC(F)CN1. The predicted octanol–water partition coefficient (Wildman–Crippen LogP) is 1.88. The van der Waals surface area contributed by atoms with Crippen LogP contribution in [-0.4, -0.2) is 18.3 Å². The van der Waals surface area contributed by atoms with Crippen molar-refractivity contribution in [2.75, 3.05) is 6.54 Å². The number of hydrogen-bond acceptors (Lipinski definition) is 1. The number of rotatable bonds is 2. The van der Waals surface area contributed by atoms with Gasteiger partial charge in [0.25, 0.3) is 0 Å². The summed E-state index contributed by atoms with van der Waals surface area (Å²) in [6, 6.07) is 0. The summed E-state index contributed by atoms with van der Waals surface area (Å²) >= 11 is 0. The second-order valence-electron chi connectivity index (χ2n) is 3.49. The average Bonchev–Trinajstić information content (AvgIpc) is 2.12. The van der Waals surface area contributed by atoms with Gasteiger partial charge in [0.15, 0.2) is 0 Å². The lowest BCUT2D eigenvalue weighted by molar-refractivity contribution is 0.319. The second-order valence-corrected chi connectivity index (χ2v) is 3.49. The first-order chi connectivity index (χ1) is 4.66. The fraction of sp³-hybridized carbons (Fsp3) is 1.00. The molecule has 2 heteroatoms. The molecule has 60 valence electrons. The van der Waals surface area contributed by atoms with Gasteiger partial charge in [-0.1, -0.05) is 13.3 Å². The molecule has 2 atom stereocenters. The fourth-order valence-electron chi connectivity index (χ4n) is 1.73. The van der Waals surface area contributed by atoms with Gasteiger partial charge in [0.05, 0.1) is 0 Å². The molecule has 1 heterocycles. The molecular weight excluding hydrogens is 129 g/mol. The molecule has 0 amide bonds. The zero-order valence-corrected chi connectivity index (χ0v) is 6.78. The maximum Gasteiger partial charge on any atom is 0.114 e. The molecule has 0 saturated carbocycles. The Bertz CT molecular complexity index is 112. The molecule has 0 bridgehead atoms. The summed E-state index contributed by atoms with van der Waals surface area (Å²) in [6.45, 7) is 4.80. The third-order valence-corrected chi connectivity index (χ3v) is 2.22. The monoisotopic (exact) mass is 145 g/mol. The molecule has 0 spiro atoms. The lowest BCUT2D eigenvalue weighted by atomic mass is 9.94. The first-order valence-corrected chi connectivity index (χ1v) is 4.05. The minimum atomic E-state index is -0.614. The molecule has 2 unspecified atom stereocenters. The van der Waals surface area contributed by atoms with Crippen LogP contribution in [0.4, 0.5) is 4.39 Å². The van der Waals surface area contributed by atoms with E-state index in [1.165, 1.54) is 0 Å². The van der Waals surface area contributed by atoms with Gasteiger partial charge in [-0.05, 0) is 19.8 Å². The molecule has 0 aromatic heterocycles. The molecule has 1 rings (SSSR count). The smallest absolute Gasteiger partial charge is 0.114 e. The van der Waals surface area contributed by atoms with Crippen LogP contribution >= 0.6 is 0 Å². The van der Waals surface area contributed by atoms with Gasteiger partial charge in [0.2, 0.25) is 0 Å². The first kappa shape index (κ1) is 7.99. The predicted molar refractivity (Wildman–Crippen MR) is 40.8 cm³/mol. The third-order valence-electron chi connectivity index (χ3n) is 2.22. The molecule has 1 fully saturated rings. The Balaban J connectivity index is 2.38. The summed E-state index contributed by atoms with van der Waals surface area (Å²) in [5.41, 5.74) is 0.0914. The van der Waals surface area contributed by atoms with Crippen LogP contribution < -0.4 is 5.32 Å². The third kappa shape index (κ3) is 1.69. The van der Waals surface area contributed by atoms with Crippen LogP contribution in [0.2, 0.25) is 0 Å². The highest BCUT2D eigenvalue weighted by atomic mass is 19.1. The molecule has 0 aromatic rings. The van der Waals surface area contributed by atoms with Crippen molar-refractivity contribution in [3.63, 3.8) is 0 Å². The van der Waals surface area contributed by atoms with Crippen LogP contribution in [0, 0.1) is 0 Å². The molecule has 1 N–H and O–H groups in total. The van der Waals surface area contributed by atoms with E-state index in [0.717, 1.165) is 12.8 Å². The standard InChI is InChI=1S/C8H16FN/c1-3-4-8(2)5-7(9)6-10-8/h7,10H,3-6H2,1-2H3. The van der Waals surface area contributed by atoms with Crippen molar-refractivity contribution in [1.82, 2.24) is 5.32 Å². The Kier molecular flexibility index (Phi) is 2.29. The maximum atomic E-state index is 12.7. The van der Waals surface area contributed by atoms with Gasteiger partial charge < -0.3 is 5.32 Å². The van der Waals surface area contributed by atoms with Crippen molar-refractivity contribution in [2.45, 2.75) is 44.8 Å². The Morgan fingerprint density at radius 2 is 2.40 bits per heavy atom. The van der Waals surface area contributed by atoms with E-state index < -0.39 is 6.17 Å². The fourth-order valence-corrected chi connectivity index (χ4v) is 1.73. The lowest BCUT2D eigenvalue weighted by Gasteiger charge is -2.22. The largest absolute Gasteiger partial charge is 0.309 e. The van der Waals surface area contributed by atoms with Crippen molar-refractivity contribution < 1.29 is 4.39 Å². The topological polar surface area (TPSA) is 12.0 Å². The van der Waals surface area contributed by atoms with E-state index in [1.807, 2.05) is 0 Å². The zero-order chi connectivity index (χ0) is 7.61. The van der Waals surface area contributed by atoms with E-state index in [-0.39, 0.29) is 5.54 Å². The van der Waals surface area contributed by atoms with Gasteiger partial charge in [-0.25, -0.2) is 4.39 Å². The first-order valence-electron chi connectivity index (χ1n) is 4.05. The van der Waals surface area contributed by atoms with E-state index in [2.05, 4.69) is 19.2 Å². The van der Waals surface area contributed by atoms with Gasteiger partial charge in [-0.2, -0.15) is 0 Å². The molecule has 0 aliphatic carbocycles. The summed E-state index contributed by atoms with van der Waals surface area (Å²) in [6.07, 6.45) is 2.31. The zero-order valence-electron chi connectivity index (χ0n) is 6.78. The number of alkyl halides is 1. The van der Waals surface area contributed by atoms with Gasteiger partial charge in [-0.3, -0.25) is 0 Å². The minimum absolute atomic E-state index is 0.0914. The molecule has 0 aromatic carbocycles. The van der Waals surface area contributed by atoms with Gasteiger partial charge in [-0.15, -0.1) is 0 Å². The number of hydrogen-bond donors (Lipinski definition) is 1. The van der Waals surface area contributed by atoms with Crippen LogP contribution in [0.5, 0.6) is 0 Å². The Morgan fingerprint density at radius 3 is 2.80 bits per heavy atom. The summed E-state index contributed by atoms with van der Waals surface area (Å²) in [5, 5.41) is 3.21. The highest BCUT2D eigenvalue weighted by Gasteiger charge is 2.33. The highest BCUT2D eigenvalue weighted by molar-refractivity contribution is 4.92. The Labute approximate surface area is 62.0 Å². The molecule has 1 aliphatic heterocycles. The number of halogens is 1. The van der Waals surface area contributed by atoms with Crippen molar-refractivity contribution in [3.05, 3.63) is 0 Å². The number of nitrogens with one attached hydrogen (secondary N) is 1. The van der Waals surface area contributed by atoms with Gasteiger partial charge in [0, 0.05) is 12.1 Å². The van der Waals surface area contributed by atoms with E-state index in [4.69, 9.17) is 0 Å². The molecule has 10 heavy (non-hydrogen) atoms. The molecule has 1 nitrogen and oxygen atoms in total. The molecule has 1 aliphatic rings. The van der Waals surface area contributed by atoms with E-state index in [0.29, 0.717) is 13.0 Å². The summed E-state index contributed by atoms with van der Waals surface area (Å²) in [5.74, 6) is 0. The molecule has 0 radical (unpaired) electrons. The van der Waals surface area contributed by atoms with Crippen molar-refractivity contribution in [1.29, 1.82) is 0 Å². The van der Waals surface area contributed by atoms with E-state index in [9.17, 15) is 4.39 Å². The van der Waals surface area contributed by atoms with Gasteiger partial charge in [0.1, 0.15) is 6.17 Å². The van der Waals surface area contributed by atoms with E-state index >= 15 is 0 Å². The van der Waals surface area contributed by atoms with Gasteiger partial charge >= 0.3 is 0 Å². The average molecular weight is 145 g/mol. The normalized spacial score (nSPS) is 40.5. The van der Waals surface area contributed by atoms with Crippen molar-refractivity contribution >= 4 is 0 Å². The van der Waals surface area contributed by atoms with E-state index in [1.54, 1.807) is 0 Å². The summed E-state index contributed by atoms with van der Waals surface area (Å²) in [4.78, 5) is 0. The minimum Gasteiger partial charge on any atom is -0.309 e. The van der Waals surface area contributed by atoms with Crippen molar-refractivity contribution in [2.24, 2.45) is 0 Å². The van der Waals surface area contributed by atoms with Crippen molar-refractivity contribution in [3.8, 4) is 0 Å². The van der Waals surface area contributed by atoms with Crippen LogP contribution in [-0.2, 0) is 0 Å². The Morgan fingerprint density at radius 1 is 1.70 bits per heavy atom. The van der Waals surface area contributed by atoms with Crippen LogP contribution in [0.3, 0.4) is 0 Å². The second kappa shape index (κ2) is 2.87. The lowest BCUT2D eigenvalue weighted by Crippen LogP contribution is -2.35. The van der Waals surface area contributed by atoms with Crippen LogP contribution in [0.15, 0.2) is 0 Å². The maximum absolute atomic E-state index is 12.7. The highest BCUT2D eigenvalue weighted by Crippen LogP contribution is 2.25. The summed E-state index contributed by atoms with van der Waals surface area (Å²) in [7, 11) is 0. The summed E-state index contributed by atoms with van der Waals surface area (Å²) < 4.78 is 12.7. The molecular formula is C8H16FN. The van der Waals surface area contributed by atoms with Crippen LogP contribution in [0.25, 0.3) is 0 Å². The Hall–Kier alpha value is -0.110. The molecule has 1 saturated heterocycles.